The summed E-state index contributed by atoms with van der Waals surface area (Å²) in [6.45, 7) is 4.65. The third kappa shape index (κ3) is 7.23. The van der Waals surface area contributed by atoms with E-state index in [1.165, 1.54) is 84.3 Å². The average Bonchev–Trinajstić information content (AvgIpc) is 2.81. The van der Waals surface area contributed by atoms with Crippen molar-refractivity contribution in [2.75, 3.05) is 0 Å². The monoisotopic (exact) mass is 532 g/mol. The summed E-state index contributed by atoms with van der Waals surface area (Å²) in [6.07, 6.45) is 14.0. The maximum absolute atomic E-state index is 3.49. The summed E-state index contributed by atoms with van der Waals surface area (Å²) in [5, 5.41) is 0. The van der Waals surface area contributed by atoms with Crippen molar-refractivity contribution in [3.63, 3.8) is 0 Å². The van der Waals surface area contributed by atoms with E-state index in [-0.39, 0.29) is 0 Å². The molecule has 0 N–H and O–H groups in total. The predicted molar refractivity (Wildman–Crippen MR) is 138 cm³/mol. The van der Waals surface area contributed by atoms with Gasteiger partial charge in [-0.2, -0.15) is 0 Å². The van der Waals surface area contributed by atoms with Gasteiger partial charge in [0.15, 0.2) is 0 Å². The molecule has 0 spiro atoms. The molecule has 4 rings (SSSR count). The lowest BCUT2D eigenvalue weighted by Crippen LogP contribution is -2.12. The smallest absolute Gasteiger partial charge is 0.0175 e. The van der Waals surface area contributed by atoms with Crippen molar-refractivity contribution in [3.8, 4) is 0 Å². The van der Waals surface area contributed by atoms with Crippen LogP contribution in [-0.2, 0) is 0 Å². The molecule has 0 heterocycles. The van der Waals surface area contributed by atoms with Crippen molar-refractivity contribution in [3.05, 3.63) is 68.6 Å². The highest BCUT2D eigenvalue weighted by atomic mass is 79.9. The normalized spacial score (nSPS) is 26.5. The summed E-state index contributed by atoms with van der Waals surface area (Å²) in [5.41, 5.74) is 3.07. The Morgan fingerprint density at radius 1 is 0.533 bits per heavy atom. The van der Waals surface area contributed by atoms with Crippen molar-refractivity contribution >= 4 is 31.9 Å². The molecule has 2 aromatic carbocycles. The SMILES string of the molecule is CCC1CCC(c2ccc(Br)cc2)CC1.CCC1CCC(c2ccc(Br)cc2)CC1. The zero-order valence-corrected chi connectivity index (χ0v) is 21.9. The first kappa shape index (κ1) is 24.1. The Labute approximate surface area is 201 Å². The van der Waals surface area contributed by atoms with E-state index in [0.717, 1.165) is 23.7 Å². The van der Waals surface area contributed by atoms with Gasteiger partial charge in [-0.1, -0.05) is 82.8 Å². The maximum Gasteiger partial charge on any atom is 0.0175 e. The summed E-state index contributed by atoms with van der Waals surface area (Å²) in [5.74, 6) is 3.63. The van der Waals surface area contributed by atoms with Crippen LogP contribution in [-0.4, -0.2) is 0 Å². The van der Waals surface area contributed by atoms with Crippen molar-refractivity contribution < 1.29 is 0 Å². The van der Waals surface area contributed by atoms with Gasteiger partial charge >= 0.3 is 0 Å². The number of hydrogen-bond acceptors (Lipinski definition) is 0. The van der Waals surface area contributed by atoms with E-state index in [4.69, 9.17) is 0 Å². The Bertz CT molecular complexity index is 653. The molecule has 0 amide bonds. The molecule has 2 fully saturated rings. The number of halogens is 2. The topological polar surface area (TPSA) is 0 Å². The van der Waals surface area contributed by atoms with Crippen LogP contribution >= 0.6 is 31.9 Å². The van der Waals surface area contributed by atoms with Crippen LogP contribution in [0.15, 0.2) is 57.5 Å². The fraction of sp³-hybridized carbons (Fsp3) is 0.571. The first-order valence-corrected chi connectivity index (χ1v) is 13.7. The van der Waals surface area contributed by atoms with Crippen LogP contribution in [0.1, 0.15) is 101 Å². The number of rotatable bonds is 4. The molecule has 2 aliphatic rings. The lowest BCUT2D eigenvalue weighted by atomic mass is 9.78. The molecule has 30 heavy (non-hydrogen) atoms. The minimum Gasteiger partial charge on any atom is -0.0651 e. The van der Waals surface area contributed by atoms with Crippen LogP contribution in [0.25, 0.3) is 0 Å². The summed E-state index contributed by atoms with van der Waals surface area (Å²) < 4.78 is 2.38. The summed E-state index contributed by atoms with van der Waals surface area (Å²) in [6, 6.07) is 17.8. The molecular formula is C28H38Br2. The second kappa shape index (κ2) is 12.4. The van der Waals surface area contributed by atoms with Crippen molar-refractivity contribution in [2.45, 2.75) is 89.9 Å². The Morgan fingerprint density at radius 3 is 1.10 bits per heavy atom. The highest BCUT2D eigenvalue weighted by molar-refractivity contribution is 9.10. The number of benzene rings is 2. The molecule has 0 unspecified atom stereocenters. The van der Waals surface area contributed by atoms with E-state index in [1.807, 2.05) is 0 Å². The summed E-state index contributed by atoms with van der Waals surface area (Å²) in [4.78, 5) is 0. The molecule has 0 aromatic heterocycles. The predicted octanol–water partition coefficient (Wildman–Crippen LogP) is 10.3. The van der Waals surface area contributed by atoms with Gasteiger partial charge in [-0.25, -0.2) is 0 Å². The third-order valence-electron chi connectivity index (χ3n) is 7.53. The van der Waals surface area contributed by atoms with Gasteiger partial charge < -0.3 is 0 Å². The average molecular weight is 534 g/mol. The molecule has 0 nitrogen and oxygen atoms in total. The van der Waals surface area contributed by atoms with E-state index in [2.05, 4.69) is 94.2 Å². The van der Waals surface area contributed by atoms with Gasteiger partial charge in [-0.05, 0) is 110 Å². The molecule has 2 aromatic rings. The van der Waals surface area contributed by atoms with Crippen LogP contribution in [0.3, 0.4) is 0 Å². The number of hydrogen-bond donors (Lipinski definition) is 0. The van der Waals surface area contributed by atoms with Crippen LogP contribution in [0.2, 0.25) is 0 Å². The summed E-state index contributed by atoms with van der Waals surface area (Å²) in [7, 11) is 0. The molecule has 2 aliphatic carbocycles. The Balaban J connectivity index is 0.000000171. The Kier molecular flexibility index (Phi) is 9.97. The van der Waals surface area contributed by atoms with E-state index in [0.29, 0.717) is 0 Å². The standard InChI is InChI=1S/2C14H19Br/c2*1-2-11-3-5-12(6-4-11)13-7-9-14(15)10-8-13/h2*7-12H,2-6H2,1H3. The highest BCUT2D eigenvalue weighted by Gasteiger charge is 2.21. The first-order valence-electron chi connectivity index (χ1n) is 12.1. The van der Waals surface area contributed by atoms with Crippen LogP contribution < -0.4 is 0 Å². The maximum atomic E-state index is 3.49. The lowest BCUT2D eigenvalue weighted by Gasteiger charge is -2.28. The van der Waals surface area contributed by atoms with Crippen molar-refractivity contribution in [1.82, 2.24) is 0 Å². The van der Waals surface area contributed by atoms with Gasteiger partial charge in [0.25, 0.3) is 0 Å². The molecule has 2 saturated carbocycles. The van der Waals surface area contributed by atoms with Gasteiger partial charge in [0.1, 0.15) is 0 Å². The minimum atomic E-state index is 0.820. The van der Waals surface area contributed by atoms with Gasteiger partial charge in [0, 0.05) is 8.95 Å². The van der Waals surface area contributed by atoms with E-state index >= 15 is 0 Å². The van der Waals surface area contributed by atoms with Gasteiger partial charge in [0.2, 0.25) is 0 Å². The molecule has 0 saturated heterocycles. The van der Waals surface area contributed by atoms with Crippen LogP contribution in [0.5, 0.6) is 0 Å². The van der Waals surface area contributed by atoms with Gasteiger partial charge in [0.05, 0.1) is 0 Å². The van der Waals surface area contributed by atoms with Crippen LogP contribution in [0.4, 0.5) is 0 Å². The van der Waals surface area contributed by atoms with Gasteiger partial charge in [-0.15, -0.1) is 0 Å². The highest BCUT2D eigenvalue weighted by Crippen LogP contribution is 2.38. The fourth-order valence-electron chi connectivity index (χ4n) is 5.28. The van der Waals surface area contributed by atoms with Gasteiger partial charge in [-0.3, -0.25) is 0 Å². The largest absolute Gasteiger partial charge is 0.0651 e. The lowest BCUT2D eigenvalue weighted by molar-refractivity contribution is 0.319. The second-order valence-corrected chi connectivity index (χ2v) is 11.2. The zero-order chi connectivity index (χ0) is 21.3. The Hall–Kier alpha value is -0.600. The first-order chi connectivity index (χ1) is 14.6. The molecule has 164 valence electrons. The van der Waals surface area contributed by atoms with E-state index < -0.39 is 0 Å². The molecular weight excluding hydrogens is 496 g/mol. The molecule has 0 aliphatic heterocycles. The van der Waals surface area contributed by atoms with Crippen molar-refractivity contribution in [1.29, 1.82) is 0 Å². The van der Waals surface area contributed by atoms with Crippen LogP contribution in [0, 0.1) is 11.8 Å². The van der Waals surface area contributed by atoms with E-state index in [9.17, 15) is 0 Å². The molecule has 0 atom stereocenters. The summed E-state index contributed by atoms with van der Waals surface area (Å²) >= 11 is 6.98. The molecule has 0 bridgehead atoms. The minimum absolute atomic E-state index is 0.820. The molecule has 0 radical (unpaired) electrons. The quantitative estimate of drug-likeness (QED) is 0.366. The second-order valence-electron chi connectivity index (χ2n) is 9.35. The Morgan fingerprint density at radius 2 is 0.833 bits per heavy atom. The third-order valence-corrected chi connectivity index (χ3v) is 8.59. The fourth-order valence-corrected chi connectivity index (χ4v) is 5.81. The van der Waals surface area contributed by atoms with E-state index in [1.54, 1.807) is 0 Å². The zero-order valence-electron chi connectivity index (χ0n) is 18.8. The van der Waals surface area contributed by atoms with Crippen molar-refractivity contribution in [2.24, 2.45) is 11.8 Å². The molecule has 2 heteroatoms.